The molecule has 0 aromatic carbocycles. The maximum atomic E-state index is 6.92. The SMILES string of the molecule is C=C(CCC1(C)OC2OC3CC1C21CCC2C4(C)CCC(C)CC4CC4OC42C31)C(C)C. The molecule has 3 heterocycles. The zero-order valence-electron chi connectivity index (χ0n) is 21.0. The third-order valence-electron chi connectivity index (χ3n) is 12.5. The zero-order valence-corrected chi connectivity index (χ0v) is 21.0. The molecule has 0 radical (unpaired) electrons. The number of fused-ring (bicyclic) bond motifs is 2. The zero-order chi connectivity index (χ0) is 22.3. The second kappa shape index (κ2) is 6.24. The molecule has 3 nitrogen and oxygen atoms in total. The molecule has 4 aliphatic carbocycles. The Kier molecular flexibility index (Phi) is 4.08. The smallest absolute Gasteiger partial charge is 0.165 e. The van der Waals surface area contributed by atoms with Gasteiger partial charge in [0.15, 0.2) is 6.29 Å². The van der Waals surface area contributed by atoms with E-state index < -0.39 is 0 Å². The highest BCUT2D eigenvalue weighted by molar-refractivity contribution is 5.33. The minimum atomic E-state index is -0.0682. The van der Waals surface area contributed by atoms with Gasteiger partial charge < -0.3 is 14.2 Å². The molecule has 178 valence electrons. The van der Waals surface area contributed by atoms with E-state index >= 15 is 0 Å². The Morgan fingerprint density at radius 3 is 2.62 bits per heavy atom. The predicted octanol–water partition coefficient (Wildman–Crippen LogP) is 6.51. The summed E-state index contributed by atoms with van der Waals surface area (Å²) in [5, 5.41) is 0. The molecular formula is C29H44O3. The highest BCUT2D eigenvalue weighted by atomic mass is 16.7. The summed E-state index contributed by atoms with van der Waals surface area (Å²) >= 11 is 0. The molecule has 3 aliphatic heterocycles. The fourth-order valence-electron chi connectivity index (χ4n) is 10.7. The van der Waals surface area contributed by atoms with E-state index in [4.69, 9.17) is 14.2 Å². The molecule has 2 spiro atoms. The Morgan fingerprint density at radius 2 is 1.84 bits per heavy atom. The number of hydrogen-bond donors (Lipinski definition) is 0. The van der Waals surface area contributed by atoms with Crippen LogP contribution in [0.1, 0.15) is 92.4 Å². The number of hydrogen-bond acceptors (Lipinski definition) is 3. The van der Waals surface area contributed by atoms with Crippen LogP contribution >= 0.6 is 0 Å². The first-order chi connectivity index (χ1) is 15.1. The molecule has 0 amide bonds. The van der Waals surface area contributed by atoms with Gasteiger partial charge in [-0.25, -0.2) is 0 Å². The highest BCUT2D eigenvalue weighted by Gasteiger charge is 2.87. The second-order valence-electron chi connectivity index (χ2n) is 14.0. The van der Waals surface area contributed by atoms with Crippen LogP contribution in [0.25, 0.3) is 0 Å². The van der Waals surface area contributed by atoms with Gasteiger partial charge in [-0.3, -0.25) is 0 Å². The summed E-state index contributed by atoms with van der Waals surface area (Å²) in [5.74, 6) is 4.25. The van der Waals surface area contributed by atoms with Crippen LogP contribution in [0.2, 0.25) is 0 Å². The molecule has 3 saturated heterocycles. The van der Waals surface area contributed by atoms with E-state index in [1.54, 1.807) is 0 Å². The molecule has 12 unspecified atom stereocenters. The first-order valence-corrected chi connectivity index (χ1v) is 13.8. The Morgan fingerprint density at radius 1 is 1.03 bits per heavy atom. The van der Waals surface area contributed by atoms with Crippen molar-refractivity contribution in [1.29, 1.82) is 0 Å². The lowest BCUT2D eigenvalue weighted by atomic mass is 9.43. The van der Waals surface area contributed by atoms with E-state index in [0.717, 1.165) is 30.6 Å². The van der Waals surface area contributed by atoms with Crippen molar-refractivity contribution >= 4 is 0 Å². The summed E-state index contributed by atoms with van der Waals surface area (Å²) in [6, 6.07) is 0. The fraction of sp³-hybridized carbons (Fsp3) is 0.931. The molecule has 12 atom stereocenters. The molecule has 7 rings (SSSR count). The van der Waals surface area contributed by atoms with E-state index in [-0.39, 0.29) is 22.9 Å². The van der Waals surface area contributed by atoms with E-state index in [1.165, 1.54) is 50.5 Å². The van der Waals surface area contributed by atoms with Crippen LogP contribution in [0, 0.1) is 46.3 Å². The number of epoxide rings is 1. The topological polar surface area (TPSA) is 31.0 Å². The molecule has 0 aromatic rings. The molecule has 3 heteroatoms. The fourth-order valence-corrected chi connectivity index (χ4v) is 10.7. The Bertz CT molecular complexity index is 851. The van der Waals surface area contributed by atoms with Gasteiger partial charge in [-0.2, -0.15) is 0 Å². The van der Waals surface area contributed by atoms with E-state index in [2.05, 4.69) is 41.2 Å². The third kappa shape index (κ3) is 2.26. The van der Waals surface area contributed by atoms with Crippen molar-refractivity contribution in [3.05, 3.63) is 12.2 Å². The largest absolute Gasteiger partial charge is 0.365 e. The van der Waals surface area contributed by atoms with Crippen molar-refractivity contribution in [3.8, 4) is 0 Å². The van der Waals surface area contributed by atoms with Crippen LogP contribution < -0.4 is 0 Å². The van der Waals surface area contributed by atoms with Crippen LogP contribution in [0.3, 0.4) is 0 Å². The van der Waals surface area contributed by atoms with E-state index in [9.17, 15) is 0 Å². The summed E-state index contributed by atoms with van der Waals surface area (Å²) in [4.78, 5) is 0. The van der Waals surface area contributed by atoms with Crippen LogP contribution in [0.4, 0.5) is 0 Å². The van der Waals surface area contributed by atoms with Gasteiger partial charge in [0.05, 0.1) is 17.8 Å². The Balaban J connectivity index is 1.21. The Labute approximate surface area is 195 Å². The average molecular weight is 441 g/mol. The standard InChI is InChI=1S/C29H44O3/c1-16(2)18(4)8-11-27(6)22-15-20-24-28(22,25(30-20)32-27)12-9-21-26(5)10-7-17(3)13-19(26)14-23-29(21,24)31-23/h16-17,19-25H,4,7-15H2,1-3,5-6H3. The monoisotopic (exact) mass is 440 g/mol. The van der Waals surface area contributed by atoms with Crippen LogP contribution in [0.5, 0.6) is 0 Å². The maximum absolute atomic E-state index is 6.92. The average Bonchev–Trinajstić information content (AvgIpc) is 3.15. The quantitative estimate of drug-likeness (QED) is 0.369. The van der Waals surface area contributed by atoms with E-state index in [0.29, 0.717) is 35.4 Å². The molecule has 0 N–H and O–H groups in total. The summed E-state index contributed by atoms with van der Waals surface area (Å²) in [7, 11) is 0. The van der Waals surface area contributed by atoms with Gasteiger partial charge in [0.1, 0.15) is 5.60 Å². The van der Waals surface area contributed by atoms with Crippen LogP contribution in [-0.4, -0.2) is 29.7 Å². The van der Waals surface area contributed by atoms with Crippen molar-refractivity contribution in [2.75, 3.05) is 0 Å². The third-order valence-corrected chi connectivity index (χ3v) is 12.5. The van der Waals surface area contributed by atoms with Crippen LogP contribution in [0.15, 0.2) is 12.2 Å². The maximum Gasteiger partial charge on any atom is 0.165 e. The van der Waals surface area contributed by atoms with Gasteiger partial charge in [0.2, 0.25) is 0 Å². The summed E-state index contributed by atoms with van der Waals surface area (Å²) < 4.78 is 20.6. The highest BCUT2D eigenvalue weighted by Crippen LogP contribution is 2.81. The molecule has 7 fully saturated rings. The van der Waals surface area contributed by atoms with Crippen molar-refractivity contribution < 1.29 is 14.2 Å². The van der Waals surface area contributed by atoms with Crippen molar-refractivity contribution in [3.63, 3.8) is 0 Å². The summed E-state index contributed by atoms with van der Waals surface area (Å²) in [6.45, 7) is 16.4. The summed E-state index contributed by atoms with van der Waals surface area (Å²) in [6.07, 6.45) is 12.4. The first-order valence-electron chi connectivity index (χ1n) is 13.8. The Hall–Kier alpha value is -0.380. The number of allylic oxidation sites excluding steroid dienone is 1. The number of rotatable bonds is 4. The van der Waals surface area contributed by atoms with Crippen molar-refractivity contribution in [2.45, 2.75) is 122 Å². The normalized spacial score (nSPS) is 61.2. The van der Waals surface area contributed by atoms with Gasteiger partial charge in [-0.05, 0) is 87.4 Å². The van der Waals surface area contributed by atoms with Gasteiger partial charge in [0.25, 0.3) is 0 Å². The van der Waals surface area contributed by atoms with Gasteiger partial charge >= 0.3 is 0 Å². The van der Waals surface area contributed by atoms with Gasteiger partial charge in [-0.15, -0.1) is 0 Å². The minimum Gasteiger partial charge on any atom is -0.365 e. The van der Waals surface area contributed by atoms with Gasteiger partial charge in [0, 0.05) is 17.3 Å². The van der Waals surface area contributed by atoms with Crippen molar-refractivity contribution in [1.82, 2.24) is 0 Å². The van der Waals surface area contributed by atoms with Gasteiger partial charge in [-0.1, -0.05) is 46.3 Å². The first kappa shape index (κ1) is 20.9. The minimum absolute atomic E-state index is 0.00523. The molecule has 7 aliphatic rings. The molecule has 0 aromatic heterocycles. The van der Waals surface area contributed by atoms with Crippen LogP contribution in [-0.2, 0) is 14.2 Å². The number of ether oxygens (including phenoxy) is 3. The molecule has 32 heavy (non-hydrogen) atoms. The lowest BCUT2D eigenvalue weighted by Crippen LogP contribution is -2.60. The predicted molar refractivity (Wildman–Crippen MR) is 125 cm³/mol. The van der Waals surface area contributed by atoms with E-state index in [1.807, 2.05) is 0 Å². The second-order valence-corrected chi connectivity index (χ2v) is 14.0. The van der Waals surface area contributed by atoms with Crippen molar-refractivity contribution in [2.24, 2.45) is 46.3 Å². The lowest BCUT2D eigenvalue weighted by Gasteiger charge is -2.58. The molecule has 2 bridgehead atoms. The molecular weight excluding hydrogens is 396 g/mol. The molecule has 4 saturated carbocycles. The lowest BCUT2D eigenvalue weighted by molar-refractivity contribution is -0.175. The summed E-state index contributed by atoms with van der Waals surface area (Å²) in [5.41, 5.74) is 2.08.